The van der Waals surface area contributed by atoms with Crippen molar-refractivity contribution in [2.45, 2.75) is 30.9 Å². The summed E-state index contributed by atoms with van der Waals surface area (Å²) in [6.45, 7) is 3.21. The molecule has 1 aliphatic rings. The Bertz CT molecular complexity index is 290. The number of nitrogens with two attached hydrogens (primary N) is 2. The highest BCUT2D eigenvalue weighted by atomic mass is 16.6. The van der Waals surface area contributed by atoms with Crippen LogP contribution in [-0.4, -0.2) is 64.3 Å². The molecule has 118 valence electrons. The van der Waals surface area contributed by atoms with Crippen LogP contribution >= 0.6 is 0 Å². The van der Waals surface area contributed by atoms with Gasteiger partial charge in [0.05, 0.1) is 51.3 Å². The van der Waals surface area contributed by atoms with Gasteiger partial charge in [0.25, 0.3) is 0 Å². The second-order valence-electron chi connectivity index (χ2n) is 4.97. The molecule has 7 nitrogen and oxygen atoms in total. The number of ether oxygens (including phenoxy) is 4. The second-order valence-corrected chi connectivity index (χ2v) is 4.97. The zero-order chi connectivity index (χ0) is 14.8. The van der Waals surface area contributed by atoms with E-state index in [0.717, 1.165) is 6.42 Å². The average Bonchev–Trinajstić information content (AvgIpc) is 2.80. The van der Waals surface area contributed by atoms with Crippen LogP contribution in [0, 0.1) is 0 Å². The zero-order valence-corrected chi connectivity index (χ0v) is 12.1. The Morgan fingerprint density at radius 3 is 2.30 bits per heavy atom. The maximum Gasteiger partial charge on any atom is 0.237 e. The minimum absolute atomic E-state index is 0.00551. The number of primary amides is 1. The van der Waals surface area contributed by atoms with Crippen molar-refractivity contribution in [2.24, 2.45) is 11.5 Å². The van der Waals surface area contributed by atoms with Crippen LogP contribution in [0.3, 0.4) is 0 Å². The molecule has 4 N–H and O–H groups in total. The predicted molar refractivity (Wildman–Crippen MR) is 73.2 cm³/mol. The van der Waals surface area contributed by atoms with Crippen LogP contribution in [0.25, 0.3) is 0 Å². The quantitative estimate of drug-likeness (QED) is 0.493. The largest absolute Gasteiger partial charge is 0.382 e. The SMILES string of the molecule is COCCOCCOCCOC1CCC(N)(C(N)=O)C1. The van der Waals surface area contributed by atoms with E-state index in [1.165, 1.54) is 0 Å². The van der Waals surface area contributed by atoms with E-state index in [2.05, 4.69) is 0 Å². The summed E-state index contributed by atoms with van der Waals surface area (Å²) in [5.74, 6) is -0.451. The van der Waals surface area contributed by atoms with Gasteiger partial charge in [-0.15, -0.1) is 0 Å². The van der Waals surface area contributed by atoms with Crippen LogP contribution < -0.4 is 11.5 Å². The van der Waals surface area contributed by atoms with Gasteiger partial charge in [-0.3, -0.25) is 4.79 Å². The van der Waals surface area contributed by atoms with E-state index in [9.17, 15) is 4.79 Å². The molecular weight excluding hydrogens is 264 g/mol. The van der Waals surface area contributed by atoms with Crippen molar-refractivity contribution in [1.82, 2.24) is 0 Å². The van der Waals surface area contributed by atoms with E-state index in [0.29, 0.717) is 52.5 Å². The van der Waals surface area contributed by atoms with Gasteiger partial charge in [0.1, 0.15) is 0 Å². The normalized spacial score (nSPS) is 26.0. The van der Waals surface area contributed by atoms with Gasteiger partial charge < -0.3 is 30.4 Å². The predicted octanol–water partition coefficient (Wildman–Crippen LogP) is -0.582. The number of hydrogen-bond donors (Lipinski definition) is 2. The first kappa shape index (κ1) is 17.3. The van der Waals surface area contributed by atoms with E-state index in [1.807, 2.05) is 0 Å². The van der Waals surface area contributed by atoms with Crippen molar-refractivity contribution >= 4 is 5.91 Å². The molecule has 1 rings (SSSR count). The Kier molecular flexibility index (Phi) is 8.01. The minimum Gasteiger partial charge on any atom is -0.382 e. The fourth-order valence-electron chi connectivity index (χ4n) is 2.13. The van der Waals surface area contributed by atoms with Crippen molar-refractivity contribution in [3.63, 3.8) is 0 Å². The summed E-state index contributed by atoms with van der Waals surface area (Å²) in [7, 11) is 1.63. The Balaban J connectivity index is 1.94. The first-order valence-corrected chi connectivity index (χ1v) is 6.93. The molecule has 0 aromatic heterocycles. The molecule has 1 fully saturated rings. The van der Waals surface area contributed by atoms with E-state index in [4.69, 9.17) is 30.4 Å². The van der Waals surface area contributed by atoms with Gasteiger partial charge in [-0.1, -0.05) is 0 Å². The molecular formula is C13H26N2O5. The third-order valence-electron chi connectivity index (χ3n) is 3.38. The van der Waals surface area contributed by atoms with E-state index >= 15 is 0 Å². The highest BCUT2D eigenvalue weighted by molar-refractivity contribution is 5.84. The zero-order valence-electron chi connectivity index (χ0n) is 12.1. The Morgan fingerprint density at radius 1 is 1.15 bits per heavy atom. The van der Waals surface area contributed by atoms with E-state index in [1.54, 1.807) is 7.11 Å². The van der Waals surface area contributed by atoms with Crippen LogP contribution in [0.2, 0.25) is 0 Å². The van der Waals surface area contributed by atoms with E-state index in [-0.39, 0.29) is 6.10 Å². The highest BCUT2D eigenvalue weighted by Gasteiger charge is 2.40. The molecule has 0 bridgehead atoms. The summed E-state index contributed by atoms with van der Waals surface area (Å²) < 4.78 is 21.1. The Morgan fingerprint density at radius 2 is 1.75 bits per heavy atom. The van der Waals surface area contributed by atoms with Crippen LogP contribution in [0.1, 0.15) is 19.3 Å². The lowest BCUT2D eigenvalue weighted by Gasteiger charge is -2.19. The summed E-state index contributed by atoms with van der Waals surface area (Å²) in [4.78, 5) is 11.2. The molecule has 0 aliphatic heterocycles. The van der Waals surface area contributed by atoms with Gasteiger partial charge in [-0.25, -0.2) is 0 Å². The molecule has 1 saturated carbocycles. The molecule has 0 spiro atoms. The van der Waals surface area contributed by atoms with Gasteiger partial charge in [0.2, 0.25) is 5.91 Å². The first-order valence-electron chi connectivity index (χ1n) is 6.93. The highest BCUT2D eigenvalue weighted by Crippen LogP contribution is 2.29. The molecule has 0 aromatic rings. The Labute approximate surface area is 119 Å². The number of methoxy groups -OCH3 is 1. The van der Waals surface area contributed by atoms with Crippen molar-refractivity contribution in [2.75, 3.05) is 46.8 Å². The number of carbonyl (C=O) groups excluding carboxylic acids is 1. The minimum atomic E-state index is -0.902. The average molecular weight is 290 g/mol. The molecule has 0 aromatic carbocycles. The summed E-state index contributed by atoms with van der Waals surface area (Å²) in [6, 6.07) is 0. The number of amides is 1. The molecule has 20 heavy (non-hydrogen) atoms. The van der Waals surface area contributed by atoms with Gasteiger partial charge in [0.15, 0.2) is 0 Å². The van der Waals surface area contributed by atoms with Gasteiger partial charge >= 0.3 is 0 Å². The molecule has 2 unspecified atom stereocenters. The Hall–Kier alpha value is -0.730. The molecule has 0 heterocycles. The lowest BCUT2D eigenvalue weighted by molar-refractivity contribution is -0.123. The monoisotopic (exact) mass is 290 g/mol. The smallest absolute Gasteiger partial charge is 0.237 e. The topological polar surface area (TPSA) is 106 Å². The van der Waals surface area contributed by atoms with Crippen molar-refractivity contribution in [3.8, 4) is 0 Å². The summed E-state index contributed by atoms with van der Waals surface area (Å²) in [5, 5.41) is 0. The first-order chi connectivity index (χ1) is 9.58. The fraction of sp³-hybridized carbons (Fsp3) is 0.923. The molecule has 0 saturated heterocycles. The fourth-order valence-corrected chi connectivity index (χ4v) is 2.13. The van der Waals surface area contributed by atoms with Crippen molar-refractivity contribution in [1.29, 1.82) is 0 Å². The number of carbonyl (C=O) groups is 1. The maximum atomic E-state index is 11.2. The molecule has 1 amide bonds. The van der Waals surface area contributed by atoms with E-state index < -0.39 is 11.4 Å². The number of hydrogen-bond acceptors (Lipinski definition) is 6. The van der Waals surface area contributed by atoms with Crippen molar-refractivity contribution < 1.29 is 23.7 Å². The summed E-state index contributed by atoms with van der Waals surface area (Å²) in [5.41, 5.74) is 10.3. The number of rotatable bonds is 11. The summed E-state index contributed by atoms with van der Waals surface area (Å²) in [6.07, 6.45) is 1.83. The van der Waals surface area contributed by atoms with Crippen molar-refractivity contribution in [3.05, 3.63) is 0 Å². The third kappa shape index (κ3) is 6.15. The van der Waals surface area contributed by atoms with Gasteiger partial charge in [0, 0.05) is 13.5 Å². The van der Waals surface area contributed by atoms with Gasteiger partial charge in [-0.05, 0) is 12.8 Å². The third-order valence-corrected chi connectivity index (χ3v) is 3.38. The molecule has 2 atom stereocenters. The van der Waals surface area contributed by atoms with Gasteiger partial charge in [-0.2, -0.15) is 0 Å². The summed E-state index contributed by atoms with van der Waals surface area (Å²) >= 11 is 0. The molecule has 1 aliphatic carbocycles. The lowest BCUT2D eigenvalue weighted by Crippen LogP contribution is -2.50. The maximum absolute atomic E-state index is 11.2. The van der Waals surface area contributed by atoms with Crippen LogP contribution in [-0.2, 0) is 23.7 Å². The lowest BCUT2D eigenvalue weighted by atomic mass is 9.99. The van der Waals surface area contributed by atoms with Crippen LogP contribution in [0.5, 0.6) is 0 Å². The second kappa shape index (κ2) is 9.25. The molecule has 0 radical (unpaired) electrons. The standard InChI is InChI=1S/C13H26N2O5/c1-17-4-5-18-6-7-19-8-9-20-11-2-3-13(15,10-11)12(14)16/h11H,2-10,15H2,1H3,(H2,14,16). The van der Waals surface area contributed by atoms with Crippen LogP contribution in [0.4, 0.5) is 0 Å². The van der Waals surface area contributed by atoms with Crippen LogP contribution in [0.15, 0.2) is 0 Å². The molecule has 7 heteroatoms.